The standard InChI is InChI=1S/C32H27ClN6O8/c1-37(2)22-11-8-20(9-12-22)16-26(35-31(40)24-6-4-5-7-25(24)33)32(41)36-34-19-21-10-14-29(30(17-21)46-3)47-28-15-13-23(38(42)43)18-27(28)39(44)45/h4-19H,1-3H3,(H,35,40)(H,36,41)/b26-16+,34-19+. The Hall–Kier alpha value is -6.28. The van der Waals surface area contributed by atoms with Crippen LogP contribution < -0.4 is 25.1 Å². The van der Waals surface area contributed by atoms with Crippen LogP contribution in [0.4, 0.5) is 17.1 Å². The summed E-state index contributed by atoms with van der Waals surface area (Å²) in [7, 11) is 5.14. The van der Waals surface area contributed by atoms with E-state index in [9.17, 15) is 29.8 Å². The quantitative estimate of drug-likeness (QED) is 0.0806. The van der Waals surface area contributed by atoms with Gasteiger partial charge in [0.05, 0.1) is 39.8 Å². The molecule has 0 aliphatic heterocycles. The Morgan fingerprint density at radius 3 is 2.19 bits per heavy atom. The molecule has 2 N–H and O–H groups in total. The van der Waals surface area contributed by atoms with Crippen LogP contribution in [0.2, 0.25) is 5.02 Å². The van der Waals surface area contributed by atoms with Gasteiger partial charge in [-0.1, -0.05) is 35.9 Å². The second-order valence-corrected chi connectivity index (χ2v) is 10.3. The molecule has 47 heavy (non-hydrogen) atoms. The zero-order valence-corrected chi connectivity index (χ0v) is 25.9. The summed E-state index contributed by atoms with van der Waals surface area (Å²) in [5.41, 5.74) is 3.41. The summed E-state index contributed by atoms with van der Waals surface area (Å²) in [6, 6.07) is 21.2. The van der Waals surface area contributed by atoms with E-state index in [-0.39, 0.29) is 33.5 Å². The number of carbonyl (C=O) groups is 2. The van der Waals surface area contributed by atoms with E-state index < -0.39 is 33.0 Å². The Balaban J connectivity index is 1.54. The van der Waals surface area contributed by atoms with Crippen LogP contribution in [0.1, 0.15) is 21.5 Å². The van der Waals surface area contributed by atoms with Crippen molar-refractivity contribution in [1.29, 1.82) is 0 Å². The Morgan fingerprint density at radius 1 is 0.872 bits per heavy atom. The maximum Gasteiger partial charge on any atom is 0.318 e. The van der Waals surface area contributed by atoms with E-state index in [1.165, 1.54) is 43.7 Å². The molecule has 0 radical (unpaired) electrons. The van der Waals surface area contributed by atoms with Gasteiger partial charge < -0.3 is 19.7 Å². The first-order chi connectivity index (χ1) is 22.5. The number of nitro groups is 2. The van der Waals surface area contributed by atoms with Gasteiger partial charge in [-0.2, -0.15) is 5.10 Å². The summed E-state index contributed by atoms with van der Waals surface area (Å²) in [5.74, 6) is -1.32. The van der Waals surface area contributed by atoms with Crippen LogP contribution in [0.25, 0.3) is 6.08 Å². The molecule has 0 saturated carbocycles. The first kappa shape index (κ1) is 33.6. The third-order valence-electron chi connectivity index (χ3n) is 6.47. The van der Waals surface area contributed by atoms with Gasteiger partial charge in [0.15, 0.2) is 11.5 Å². The molecule has 0 fully saturated rings. The number of hydrazone groups is 1. The maximum atomic E-state index is 13.2. The first-order valence-electron chi connectivity index (χ1n) is 13.6. The summed E-state index contributed by atoms with van der Waals surface area (Å²) in [6.07, 6.45) is 2.80. The molecule has 0 atom stereocenters. The highest BCUT2D eigenvalue weighted by atomic mass is 35.5. The van der Waals surface area contributed by atoms with Crippen LogP contribution in [0.5, 0.6) is 17.2 Å². The Morgan fingerprint density at radius 2 is 1.55 bits per heavy atom. The van der Waals surface area contributed by atoms with E-state index in [2.05, 4.69) is 15.8 Å². The maximum absolute atomic E-state index is 13.2. The summed E-state index contributed by atoms with van der Waals surface area (Å²) < 4.78 is 11.0. The number of benzene rings is 4. The number of amides is 2. The number of ether oxygens (including phenoxy) is 2. The molecule has 4 rings (SSSR count). The van der Waals surface area contributed by atoms with Gasteiger partial charge in [0.25, 0.3) is 17.5 Å². The molecule has 0 aliphatic carbocycles. The predicted octanol–water partition coefficient (Wildman–Crippen LogP) is 5.94. The summed E-state index contributed by atoms with van der Waals surface area (Å²) in [6.45, 7) is 0. The number of rotatable bonds is 12. The van der Waals surface area contributed by atoms with Crippen molar-refractivity contribution in [2.75, 3.05) is 26.1 Å². The van der Waals surface area contributed by atoms with Crippen molar-refractivity contribution in [3.8, 4) is 17.2 Å². The molecular formula is C32H27ClN6O8. The zero-order valence-electron chi connectivity index (χ0n) is 25.2. The minimum atomic E-state index is -0.795. The number of nitrogens with zero attached hydrogens (tertiary/aromatic N) is 4. The van der Waals surface area contributed by atoms with Gasteiger partial charge in [0, 0.05) is 25.8 Å². The summed E-state index contributed by atoms with van der Waals surface area (Å²) in [4.78, 5) is 49.1. The molecule has 0 bridgehead atoms. The van der Waals surface area contributed by atoms with Crippen molar-refractivity contribution in [2.45, 2.75) is 0 Å². The Labute approximate surface area is 273 Å². The fraction of sp³-hybridized carbons (Fsp3) is 0.0938. The number of anilines is 1. The monoisotopic (exact) mass is 658 g/mol. The molecule has 14 nitrogen and oxygen atoms in total. The Bertz CT molecular complexity index is 1890. The average Bonchev–Trinajstić information content (AvgIpc) is 3.05. The van der Waals surface area contributed by atoms with Crippen molar-refractivity contribution in [1.82, 2.24) is 10.7 Å². The summed E-state index contributed by atoms with van der Waals surface area (Å²) in [5, 5.41) is 29.3. The third-order valence-corrected chi connectivity index (χ3v) is 6.80. The number of nitro benzene ring substituents is 2. The molecule has 2 amide bonds. The van der Waals surface area contributed by atoms with Gasteiger partial charge in [-0.05, 0) is 65.7 Å². The highest BCUT2D eigenvalue weighted by molar-refractivity contribution is 6.34. The number of methoxy groups -OCH3 is 1. The number of halogens is 1. The van der Waals surface area contributed by atoms with E-state index in [1.54, 1.807) is 30.3 Å². The number of hydrogen-bond donors (Lipinski definition) is 2. The van der Waals surface area contributed by atoms with Crippen LogP contribution in [-0.4, -0.2) is 49.1 Å². The SMILES string of the molecule is COc1cc(/C=N/NC(=O)/C(=C\c2ccc(N(C)C)cc2)NC(=O)c2ccccc2Cl)ccc1Oc1ccc([N+](=O)[O-])cc1[N+](=O)[O-]. The third kappa shape index (κ3) is 8.67. The van der Waals surface area contributed by atoms with Crippen LogP contribution in [0.3, 0.4) is 0 Å². The zero-order chi connectivity index (χ0) is 34.1. The van der Waals surface area contributed by atoms with Crippen LogP contribution >= 0.6 is 11.6 Å². The van der Waals surface area contributed by atoms with Gasteiger partial charge in [0.2, 0.25) is 5.75 Å². The highest BCUT2D eigenvalue weighted by Crippen LogP contribution is 2.38. The van der Waals surface area contributed by atoms with Gasteiger partial charge in [-0.3, -0.25) is 29.8 Å². The lowest BCUT2D eigenvalue weighted by molar-refractivity contribution is -0.394. The molecule has 4 aromatic rings. The lowest BCUT2D eigenvalue weighted by atomic mass is 10.1. The molecule has 0 heterocycles. The van der Waals surface area contributed by atoms with Crippen LogP contribution in [-0.2, 0) is 4.79 Å². The smallest absolute Gasteiger partial charge is 0.318 e. The lowest BCUT2D eigenvalue weighted by Crippen LogP contribution is -2.33. The van der Waals surface area contributed by atoms with Crippen molar-refractivity contribution >= 4 is 52.8 Å². The number of nitrogens with one attached hydrogen (secondary N) is 2. The van der Waals surface area contributed by atoms with Crippen molar-refractivity contribution in [3.05, 3.63) is 133 Å². The fourth-order valence-electron chi connectivity index (χ4n) is 4.07. The first-order valence-corrected chi connectivity index (χ1v) is 14.0. The van der Waals surface area contributed by atoms with Gasteiger partial charge in [0.1, 0.15) is 5.70 Å². The molecular weight excluding hydrogens is 632 g/mol. The second-order valence-electron chi connectivity index (χ2n) is 9.86. The molecule has 0 unspecified atom stereocenters. The van der Waals surface area contributed by atoms with Crippen molar-refractivity contribution in [3.63, 3.8) is 0 Å². The van der Waals surface area contributed by atoms with E-state index in [0.717, 1.165) is 23.9 Å². The predicted molar refractivity (Wildman–Crippen MR) is 176 cm³/mol. The number of hydrogen-bond acceptors (Lipinski definition) is 10. The lowest BCUT2D eigenvalue weighted by Gasteiger charge is -2.13. The van der Waals surface area contributed by atoms with Gasteiger partial charge in [-0.25, -0.2) is 5.43 Å². The minimum Gasteiger partial charge on any atom is -0.493 e. The van der Waals surface area contributed by atoms with Crippen LogP contribution in [0.15, 0.2) is 95.7 Å². The topological polar surface area (TPSA) is 179 Å². The van der Waals surface area contributed by atoms with E-state index in [0.29, 0.717) is 11.1 Å². The van der Waals surface area contributed by atoms with Crippen molar-refractivity contribution in [2.24, 2.45) is 5.10 Å². The van der Waals surface area contributed by atoms with E-state index >= 15 is 0 Å². The second kappa shape index (κ2) is 15.1. The largest absolute Gasteiger partial charge is 0.493 e. The van der Waals surface area contributed by atoms with E-state index in [1.807, 2.05) is 31.1 Å². The average molecular weight is 659 g/mol. The molecule has 0 aliphatic rings. The molecule has 0 aromatic heterocycles. The number of carbonyl (C=O) groups excluding carboxylic acids is 2. The molecule has 4 aromatic carbocycles. The molecule has 15 heteroatoms. The van der Waals surface area contributed by atoms with Gasteiger partial charge in [-0.15, -0.1) is 0 Å². The molecule has 240 valence electrons. The highest BCUT2D eigenvalue weighted by Gasteiger charge is 2.22. The number of non-ortho nitro benzene ring substituents is 1. The molecule has 0 spiro atoms. The normalized spacial score (nSPS) is 11.1. The fourth-order valence-corrected chi connectivity index (χ4v) is 4.29. The van der Waals surface area contributed by atoms with Gasteiger partial charge >= 0.3 is 5.69 Å². The summed E-state index contributed by atoms with van der Waals surface area (Å²) >= 11 is 6.18. The van der Waals surface area contributed by atoms with Crippen molar-refractivity contribution < 1.29 is 28.9 Å². The Kier molecular flexibility index (Phi) is 10.8. The van der Waals surface area contributed by atoms with Crippen LogP contribution in [0, 0.1) is 20.2 Å². The minimum absolute atomic E-state index is 0.0819. The molecule has 0 saturated heterocycles. The van der Waals surface area contributed by atoms with E-state index in [4.69, 9.17) is 21.1 Å².